The fourth-order valence-corrected chi connectivity index (χ4v) is 3.58. The van der Waals surface area contributed by atoms with Crippen LogP contribution in [0.25, 0.3) is 0 Å². The van der Waals surface area contributed by atoms with Crippen molar-refractivity contribution in [3.05, 3.63) is 34.0 Å². The highest BCUT2D eigenvalue weighted by molar-refractivity contribution is 7.18. The molecule has 0 fully saturated rings. The zero-order valence-electron chi connectivity index (χ0n) is 16.7. The smallest absolute Gasteiger partial charge is 0.348 e. The molecule has 9 heteroatoms. The molecule has 2 aromatic heterocycles. The summed E-state index contributed by atoms with van der Waals surface area (Å²) in [6.07, 6.45) is 4.08. The molecule has 1 unspecified atom stereocenters. The van der Waals surface area contributed by atoms with Crippen LogP contribution in [0.1, 0.15) is 64.4 Å². The Kier molecular flexibility index (Phi) is 7.33. The molecule has 0 aliphatic heterocycles. The maximum absolute atomic E-state index is 12.7. The summed E-state index contributed by atoms with van der Waals surface area (Å²) < 4.78 is 11.8. The zero-order valence-corrected chi connectivity index (χ0v) is 17.5. The molecule has 28 heavy (non-hydrogen) atoms. The van der Waals surface area contributed by atoms with Crippen molar-refractivity contribution in [1.29, 1.82) is 0 Å². The average Bonchev–Trinajstić information content (AvgIpc) is 3.22. The van der Waals surface area contributed by atoms with Crippen LogP contribution in [0.15, 0.2) is 12.4 Å². The Morgan fingerprint density at radius 2 is 1.93 bits per heavy atom. The van der Waals surface area contributed by atoms with Crippen molar-refractivity contribution >= 4 is 34.2 Å². The monoisotopic (exact) mass is 407 g/mol. The number of hydrogen-bond acceptors (Lipinski definition) is 7. The van der Waals surface area contributed by atoms with Crippen molar-refractivity contribution in [3.63, 3.8) is 0 Å². The summed E-state index contributed by atoms with van der Waals surface area (Å²) in [5.41, 5.74) is 1.54. The number of rotatable bonds is 8. The van der Waals surface area contributed by atoms with Gasteiger partial charge in [-0.3, -0.25) is 9.48 Å². The molecule has 0 bridgehead atoms. The summed E-state index contributed by atoms with van der Waals surface area (Å²) in [6, 6.07) is -0.596. The Hall–Kier alpha value is -2.68. The van der Waals surface area contributed by atoms with Crippen molar-refractivity contribution in [3.8, 4) is 0 Å². The number of esters is 2. The summed E-state index contributed by atoms with van der Waals surface area (Å²) >= 11 is 1.01. The summed E-state index contributed by atoms with van der Waals surface area (Å²) in [4.78, 5) is 37.7. The van der Waals surface area contributed by atoms with E-state index in [-0.39, 0.29) is 34.6 Å². The lowest BCUT2D eigenvalue weighted by molar-refractivity contribution is -0.119. The van der Waals surface area contributed by atoms with Crippen molar-refractivity contribution in [2.75, 3.05) is 18.5 Å². The van der Waals surface area contributed by atoms with Crippen LogP contribution in [0.3, 0.4) is 0 Å². The van der Waals surface area contributed by atoms with E-state index >= 15 is 0 Å². The van der Waals surface area contributed by atoms with Crippen LogP contribution in [0.4, 0.5) is 5.00 Å². The van der Waals surface area contributed by atoms with Gasteiger partial charge in [-0.05, 0) is 45.2 Å². The van der Waals surface area contributed by atoms with Gasteiger partial charge in [0.15, 0.2) is 0 Å². The Morgan fingerprint density at radius 3 is 2.50 bits per heavy atom. The van der Waals surface area contributed by atoms with E-state index in [2.05, 4.69) is 10.4 Å². The van der Waals surface area contributed by atoms with Gasteiger partial charge in [-0.15, -0.1) is 11.3 Å². The predicted octanol–water partition coefficient (Wildman–Crippen LogP) is 3.50. The first-order valence-electron chi connectivity index (χ1n) is 9.09. The maximum atomic E-state index is 12.7. The Labute approximate surface area is 167 Å². The molecular weight excluding hydrogens is 382 g/mol. The lowest BCUT2D eigenvalue weighted by atomic mass is 10.1. The van der Waals surface area contributed by atoms with Crippen LogP contribution in [0.5, 0.6) is 0 Å². The third-order valence-electron chi connectivity index (χ3n) is 3.99. The number of carbonyl (C=O) groups is 3. The summed E-state index contributed by atoms with van der Waals surface area (Å²) in [7, 11) is 0. The summed E-state index contributed by atoms with van der Waals surface area (Å²) in [6.45, 7) is 9.26. The van der Waals surface area contributed by atoms with E-state index in [0.717, 1.165) is 16.9 Å². The van der Waals surface area contributed by atoms with Crippen LogP contribution in [-0.2, 0) is 14.3 Å². The molecule has 1 N–H and O–H groups in total. The molecule has 0 aliphatic carbocycles. The van der Waals surface area contributed by atoms with Crippen molar-refractivity contribution in [2.45, 2.75) is 47.1 Å². The normalized spacial score (nSPS) is 11.8. The number of nitrogens with one attached hydrogen (secondary N) is 1. The molecule has 2 rings (SSSR count). The van der Waals surface area contributed by atoms with Gasteiger partial charge in [-0.25, -0.2) is 9.59 Å². The first-order chi connectivity index (χ1) is 13.3. The van der Waals surface area contributed by atoms with Gasteiger partial charge in [-0.2, -0.15) is 5.10 Å². The van der Waals surface area contributed by atoms with Gasteiger partial charge >= 0.3 is 11.9 Å². The van der Waals surface area contributed by atoms with E-state index in [1.165, 1.54) is 4.68 Å². The first kappa shape index (κ1) is 21.6. The van der Waals surface area contributed by atoms with Crippen LogP contribution in [0, 0.1) is 13.8 Å². The minimum Gasteiger partial charge on any atom is -0.462 e. The number of amides is 1. The Morgan fingerprint density at radius 1 is 1.21 bits per heavy atom. The highest BCUT2D eigenvalue weighted by Crippen LogP contribution is 2.34. The van der Waals surface area contributed by atoms with Crippen LogP contribution < -0.4 is 5.32 Å². The Bertz CT molecular complexity index is 871. The number of anilines is 1. The number of nitrogens with zero attached hydrogens (tertiary/aromatic N) is 2. The minimum absolute atomic E-state index is 0.179. The molecule has 2 aromatic rings. The fraction of sp³-hybridized carbons (Fsp3) is 0.474. The van der Waals surface area contributed by atoms with E-state index in [0.29, 0.717) is 12.0 Å². The van der Waals surface area contributed by atoms with E-state index in [1.807, 2.05) is 13.8 Å². The lowest BCUT2D eigenvalue weighted by Crippen LogP contribution is -2.24. The van der Waals surface area contributed by atoms with Crippen LogP contribution >= 0.6 is 11.3 Å². The quantitative estimate of drug-likeness (QED) is 0.672. The molecule has 152 valence electrons. The second-order valence-electron chi connectivity index (χ2n) is 6.28. The van der Waals surface area contributed by atoms with Gasteiger partial charge < -0.3 is 14.8 Å². The van der Waals surface area contributed by atoms with Crippen molar-refractivity contribution in [1.82, 2.24) is 9.78 Å². The SMILES string of the molecule is CCCOC(=O)c1c(NC(=O)C(C)n2cc(C)cn2)sc(C(=O)OCC)c1C. The first-order valence-corrected chi connectivity index (χ1v) is 9.90. The third-order valence-corrected chi connectivity index (χ3v) is 5.18. The second-order valence-corrected chi connectivity index (χ2v) is 7.30. The van der Waals surface area contributed by atoms with Crippen molar-refractivity contribution in [2.24, 2.45) is 0 Å². The molecule has 0 spiro atoms. The molecule has 0 saturated carbocycles. The highest BCUT2D eigenvalue weighted by Gasteiger charge is 2.28. The standard InChI is InChI=1S/C19H25N3O5S/c1-6-8-27-18(24)14-12(4)15(19(25)26-7-2)28-17(14)21-16(23)13(5)22-10-11(3)9-20-22/h9-10,13H,6-8H2,1-5H3,(H,21,23). The molecule has 0 aliphatic rings. The van der Waals surface area contributed by atoms with Gasteiger partial charge in [0.1, 0.15) is 15.9 Å². The number of ether oxygens (including phenoxy) is 2. The van der Waals surface area contributed by atoms with Crippen LogP contribution in [-0.4, -0.2) is 40.8 Å². The number of carbonyl (C=O) groups excluding carboxylic acids is 3. The molecule has 0 saturated heterocycles. The number of aromatic nitrogens is 2. The number of aryl methyl sites for hydroxylation is 1. The predicted molar refractivity (Wildman–Crippen MR) is 106 cm³/mol. The number of thiophene rings is 1. The highest BCUT2D eigenvalue weighted by atomic mass is 32.1. The molecular formula is C19H25N3O5S. The van der Waals surface area contributed by atoms with E-state index in [9.17, 15) is 14.4 Å². The topological polar surface area (TPSA) is 99.5 Å². The molecule has 0 radical (unpaired) electrons. The van der Waals surface area contributed by atoms with Crippen LogP contribution in [0.2, 0.25) is 0 Å². The molecule has 0 aromatic carbocycles. The summed E-state index contributed by atoms with van der Waals surface area (Å²) in [5, 5.41) is 7.16. The van der Waals surface area contributed by atoms with Gasteiger partial charge in [0, 0.05) is 6.20 Å². The molecule has 2 heterocycles. The lowest BCUT2D eigenvalue weighted by Gasteiger charge is -2.13. The molecule has 8 nitrogen and oxygen atoms in total. The van der Waals surface area contributed by atoms with Gasteiger partial charge in [0.2, 0.25) is 5.91 Å². The van der Waals surface area contributed by atoms with Gasteiger partial charge in [0.25, 0.3) is 0 Å². The van der Waals surface area contributed by atoms with Gasteiger partial charge in [0.05, 0.1) is 25.0 Å². The van der Waals surface area contributed by atoms with E-state index in [1.54, 1.807) is 33.2 Å². The zero-order chi connectivity index (χ0) is 20.8. The average molecular weight is 407 g/mol. The maximum Gasteiger partial charge on any atom is 0.348 e. The number of hydrogen-bond donors (Lipinski definition) is 1. The van der Waals surface area contributed by atoms with E-state index < -0.39 is 18.0 Å². The minimum atomic E-state index is -0.596. The Balaban J connectivity index is 2.34. The fourth-order valence-electron chi connectivity index (χ4n) is 2.49. The third kappa shape index (κ3) is 4.78. The van der Waals surface area contributed by atoms with Crippen molar-refractivity contribution < 1.29 is 23.9 Å². The van der Waals surface area contributed by atoms with E-state index in [4.69, 9.17) is 9.47 Å². The second kappa shape index (κ2) is 9.50. The molecule has 1 amide bonds. The largest absolute Gasteiger partial charge is 0.462 e. The molecule has 1 atom stereocenters. The van der Waals surface area contributed by atoms with Gasteiger partial charge in [-0.1, -0.05) is 6.92 Å². The summed E-state index contributed by atoms with van der Waals surface area (Å²) in [5.74, 6) is -1.47.